The molecule has 0 amide bonds. The average molecular weight is 275 g/mol. The van der Waals surface area contributed by atoms with Crippen molar-refractivity contribution in [2.24, 2.45) is 5.41 Å². The minimum atomic E-state index is -0.643. The molecule has 3 nitrogen and oxygen atoms in total. The smallest absolute Gasteiger partial charge is 0.310 e. The Labute approximate surface area is 121 Å². The molecule has 1 aliphatic heterocycles. The lowest BCUT2D eigenvalue weighted by molar-refractivity contribution is -0.148. The Morgan fingerprint density at radius 3 is 2.45 bits per heavy atom. The number of nitrogens with zero attached hydrogens (tertiary/aromatic N) is 1. The minimum Gasteiger partial charge on any atom is -0.481 e. The molecule has 110 valence electrons. The fraction of sp³-hybridized carbons (Fsp3) is 0.588. The molecular formula is C17H25NO2. The van der Waals surface area contributed by atoms with Crippen molar-refractivity contribution in [3.05, 3.63) is 35.4 Å². The number of aliphatic carboxylic acids is 1. The van der Waals surface area contributed by atoms with Gasteiger partial charge in [-0.3, -0.25) is 9.69 Å². The molecule has 1 heterocycles. The SMILES string of the molecule is CCc1ccc(C(C)N2CCC(CC)(C(=O)O)C2)cc1. The first kappa shape index (κ1) is 15.0. The van der Waals surface area contributed by atoms with Crippen LogP contribution in [0.2, 0.25) is 0 Å². The summed E-state index contributed by atoms with van der Waals surface area (Å²) >= 11 is 0. The second kappa shape index (κ2) is 5.96. The van der Waals surface area contributed by atoms with Crippen LogP contribution in [0.25, 0.3) is 0 Å². The summed E-state index contributed by atoms with van der Waals surface area (Å²) in [6.07, 6.45) is 2.52. The first-order valence-corrected chi connectivity index (χ1v) is 7.58. The van der Waals surface area contributed by atoms with Crippen molar-refractivity contribution in [3.8, 4) is 0 Å². The molecule has 0 spiro atoms. The summed E-state index contributed by atoms with van der Waals surface area (Å²) in [5, 5.41) is 9.48. The standard InChI is InChI=1S/C17H25NO2/c1-4-14-6-8-15(9-7-14)13(3)18-11-10-17(5-2,12-18)16(19)20/h6-9,13H,4-5,10-12H2,1-3H3,(H,19,20). The lowest BCUT2D eigenvalue weighted by Crippen LogP contribution is -2.35. The van der Waals surface area contributed by atoms with Crippen molar-refractivity contribution in [1.29, 1.82) is 0 Å². The zero-order chi connectivity index (χ0) is 14.8. The number of hydrogen-bond donors (Lipinski definition) is 1. The van der Waals surface area contributed by atoms with Crippen molar-refractivity contribution in [2.75, 3.05) is 13.1 Å². The molecule has 0 aromatic heterocycles. The Morgan fingerprint density at radius 1 is 1.35 bits per heavy atom. The Bertz CT molecular complexity index is 468. The zero-order valence-electron chi connectivity index (χ0n) is 12.7. The first-order chi connectivity index (χ1) is 9.52. The van der Waals surface area contributed by atoms with E-state index in [0.717, 1.165) is 19.4 Å². The van der Waals surface area contributed by atoms with E-state index in [1.165, 1.54) is 11.1 Å². The number of likely N-dealkylation sites (tertiary alicyclic amines) is 1. The van der Waals surface area contributed by atoms with Gasteiger partial charge in [0.05, 0.1) is 5.41 Å². The Kier molecular flexibility index (Phi) is 4.48. The van der Waals surface area contributed by atoms with E-state index in [4.69, 9.17) is 0 Å². The molecule has 0 radical (unpaired) electrons. The highest BCUT2D eigenvalue weighted by Gasteiger charge is 2.44. The van der Waals surface area contributed by atoms with Gasteiger partial charge in [-0.2, -0.15) is 0 Å². The zero-order valence-corrected chi connectivity index (χ0v) is 12.7. The van der Waals surface area contributed by atoms with Crippen LogP contribution in [0.4, 0.5) is 0 Å². The van der Waals surface area contributed by atoms with Gasteiger partial charge in [-0.25, -0.2) is 0 Å². The molecular weight excluding hydrogens is 250 g/mol. The third-order valence-corrected chi connectivity index (χ3v) is 4.93. The van der Waals surface area contributed by atoms with Crippen LogP contribution in [0.15, 0.2) is 24.3 Å². The van der Waals surface area contributed by atoms with Gasteiger partial charge in [-0.15, -0.1) is 0 Å². The molecule has 0 aliphatic carbocycles. The molecule has 20 heavy (non-hydrogen) atoms. The fourth-order valence-electron chi connectivity index (χ4n) is 3.09. The highest BCUT2D eigenvalue weighted by Crippen LogP contribution is 2.38. The molecule has 2 rings (SSSR count). The summed E-state index contributed by atoms with van der Waals surface area (Å²) in [5.41, 5.74) is 2.08. The van der Waals surface area contributed by atoms with Crippen molar-refractivity contribution >= 4 is 5.97 Å². The van der Waals surface area contributed by atoms with Gasteiger partial charge in [0.15, 0.2) is 0 Å². The van der Waals surface area contributed by atoms with Crippen LogP contribution >= 0.6 is 0 Å². The normalized spacial score (nSPS) is 24.8. The van der Waals surface area contributed by atoms with Gasteiger partial charge in [-0.1, -0.05) is 38.1 Å². The van der Waals surface area contributed by atoms with E-state index in [1.54, 1.807) is 0 Å². The van der Waals surface area contributed by atoms with Gasteiger partial charge < -0.3 is 5.11 Å². The molecule has 0 saturated carbocycles. The molecule has 3 heteroatoms. The number of carboxylic acids is 1. The number of rotatable bonds is 5. The first-order valence-electron chi connectivity index (χ1n) is 7.58. The quantitative estimate of drug-likeness (QED) is 0.894. The molecule has 1 aromatic rings. The van der Waals surface area contributed by atoms with Crippen molar-refractivity contribution in [3.63, 3.8) is 0 Å². The molecule has 1 N–H and O–H groups in total. The molecule has 1 aromatic carbocycles. The van der Waals surface area contributed by atoms with Crippen LogP contribution in [0.1, 0.15) is 50.8 Å². The van der Waals surface area contributed by atoms with Crippen LogP contribution in [0, 0.1) is 5.41 Å². The summed E-state index contributed by atoms with van der Waals surface area (Å²) in [6.45, 7) is 7.85. The molecule has 2 unspecified atom stereocenters. The number of hydrogen-bond acceptors (Lipinski definition) is 2. The van der Waals surface area contributed by atoms with E-state index in [-0.39, 0.29) is 6.04 Å². The molecule has 2 atom stereocenters. The van der Waals surface area contributed by atoms with Gasteiger partial charge in [0.1, 0.15) is 0 Å². The number of carboxylic acid groups (broad SMARTS) is 1. The summed E-state index contributed by atoms with van der Waals surface area (Å²) in [6, 6.07) is 8.98. The van der Waals surface area contributed by atoms with Crippen molar-refractivity contribution < 1.29 is 9.90 Å². The monoisotopic (exact) mass is 275 g/mol. The van der Waals surface area contributed by atoms with E-state index >= 15 is 0 Å². The van der Waals surface area contributed by atoms with E-state index in [2.05, 4.69) is 43.0 Å². The van der Waals surface area contributed by atoms with Crippen LogP contribution < -0.4 is 0 Å². The predicted octanol–water partition coefficient (Wildman–Crippen LogP) is 3.50. The number of aryl methyl sites for hydroxylation is 1. The summed E-state index contributed by atoms with van der Waals surface area (Å²) in [7, 11) is 0. The van der Waals surface area contributed by atoms with E-state index < -0.39 is 11.4 Å². The summed E-state index contributed by atoms with van der Waals surface area (Å²) in [4.78, 5) is 13.8. The van der Waals surface area contributed by atoms with Gasteiger partial charge in [0.2, 0.25) is 0 Å². The van der Waals surface area contributed by atoms with Crippen LogP contribution in [0.5, 0.6) is 0 Å². The van der Waals surface area contributed by atoms with Crippen molar-refractivity contribution in [1.82, 2.24) is 4.90 Å². The Morgan fingerprint density at radius 2 is 2.00 bits per heavy atom. The Balaban J connectivity index is 2.10. The fourth-order valence-corrected chi connectivity index (χ4v) is 3.09. The highest BCUT2D eigenvalue weighted by molar-refractivity contribution is 5.75. The van der Waals surface area contributed by atoms with Gasteiger partial charge in [0, 0.05) is 12.6 Å². The average Bonchev–Trinajstić information content (AvgIpc) is 2.92. The lowest BCUT2D eigenvalue weighted by Gasteiger charge is -2.27. The van der Waals surface area contributed by atoms with Crippen LogP contribution in [0.3, 0.4) is 0 Å². The maximum atomic E-state index is 11.5. The van der Waals surface area contributed by atoms with Gasteiger partial charge >= 0.3 is 5.97 Å². The number of carbonyl (C=O) groups is 1. The Hall–Kier alpha value is -1.35. The summed E-state index contributed by atoms with van der Waals surface area (Å²) < 4.78 is 0. The highest BCUT2D eigenvalue weighted by atomic mass is 16.4. The minimum absolute atomic E-state index is 0.286. The molecule has 1 aliphatic rings. The van der Waals surface area contributed by atoms with E-state index in [0.29, 0.717) is 13.0 Å². The third kappa shape index (κ3) is 2.73. The van der Waals surface area contributed by atoms with Gasteiger partial charge in [-0.05, 0) is 43.9 Å². The number of benzene rings is 1. The van der Waals surface area contributed by atoms with Crippen LogP contribution in [-0.4, -0.2) is 29.1 Å². The second-order valence-corrected chi connectivity index (χ2v) is 5.93. The lowest BCUT2D eigenvalue weighted by atomic mass is 9.84. The predicted molar refractivity (Wildman–Crippen MR) is 80.8 cm³/mol. The van der Waals surface area contributed by atoms with E-state index in [9.17, 15) is 9.90 Å². The third-order valence-electron chi connectivity index (χ3n) is 4.93. The van der Waals surface area contributed by atoms with Crippen LogP contribution in [-0.2, 0) is 11.2 Å². The summed E-state index contributed by atoms with van der Waals surface area (Å²) in [5.74, 6) is -0.643. The molecule has 1 saturated heterocycles. The molecule has 0 bridgehead atoms. The second-order valence-electron chi connectivity index (χ2n) is 5.93. The topological polar surface area (TPSA) is 40.5 Å². The van der Waals surface area contributed by atoms with Crippen molar-refractivity contribution in [2.45, 2.75) is 46.1 Å². The largest absolute Gasteiger partial charge is 0.481 e. The maximum absolute atomic E-state index is 11.5. The van der Waals surface area contributed by atoms with E-state index in [1.807, 2.05) is 6.92 Å². The van der Waals surface area contributed by atoms with Gasteiger partial charge in [0.25, 0.3) is 0 Å². The molecule has 1 fully saturated rings. The maximum Gasteiger partial charge on any atom is 0.310 e.